The molecular weight excluding hydrogens is 560 g/mol. The SMILES string of the molecule is CC(C)(C)c1nc(-c2ccc(-c3ccccc3)cc2)c2cc(CC(C)(C)c3nc(-c4ccccc4)c4ccccc4n3)ccc2n1. The molecule has 0 fully saturated rings. The fraction of sp³-hybridized carbons (Fsp3) is 0.190. The first-order chi connectivity index (χ1) is 22.2. The lowest BCUT2D eigenvalue weighted by Gasteiger charge is -2.25. The average Bonchev–Trinajstić information content (AvgIpc) is 3.07. The van der Waals surface area contributed by atoms with Gasteiger partial charge in [-0.3, -0.25) is 0 Å². The normalized spacial score (nSPS) is 12.1. The Bertz CT molecular complexity index is 2160. The Kier molecular flexibility index (Phi) is 7.44. The van der Waals surface area contributed by atoms with E-state index >= 15 is 0 Å². The fourth-order valence-corrected chi connectivity index (χ4v) is 6.08. The van der Waals surface area contributed by atoms with Crippen LogP contribution in [0.4, 0.5) is 0 Å². The third kappa shape index (κ3) is 5.79. The maximum absolute atomic E-state index is 5.20. The van der Waals surface area contributed by atoms with Crippen LogP contribution >= 0.6 is 0 Å². The molecule has 0 atom stereocenters. The topological polar surface area (TPSA) is 51.6 Å². The summed E-state index contributed by atoms with van der Waals surface area (Å²) in [4.78, 5) is 20.5. The molecule has 46 heavy (non-hydrogen) atoms. The largest absolute Gasteiger partial charge is 0.232 e. The van der Waals surface area contributed by atoms with Crippen molar-refractivity contribution in [1.29, 1.82) is 0 Å². The molecule has 0 spiro atoms. The van der Waals surface area contributed by atoms with Crippen LogP contribution in [0.25, 0.3) is 55.4 Å². The second kappa shape index (κ2) is 11.6. The Morgan fingerprint density at radius 2 is 0.935 bits per heavy atom. The molecule has 0 saturated heterocycles. The lowest BCUT2D eigenvalue weighted by Crippen LogP contribution is -2.24. The number of nitrogens with zero attached hydrogens (tertiary/aromatic N) is 4. The van der Waals surface area contributed by atoms with E-state index in [1.165, 1.54) is 16.7 Å². The molecule has 0 unspecified atom stereocenters. The van der Waals surface area contributed by atoms with Gasteiger partial charge in [-0.25, -0.2) is 19.9 Å². The van der Waals surface area contributed by atoms with Gasteiger partial charge in [0, 0.05) is 32.7 Å². The standard InChI is InChI=1S/C42H38N4/c1-41(2,3)39-43-36-25-20-28(26-34(36)38(45-39)32-23-21-30(22-24-32)29-14-8-6-9-15-29)27-42(4,5)40-44-35-19-13-12-18-33(35)37(46-40)31-16-10-7-11-17-31/h6-26H,27H2,1-5H3. The number of fused-ring (bicyclic) bond motifs is 2. The van der Waals surface area contributed by atoms with Crippen LogP contribution in [0.3, 0.4) is 0 Å². The maximum atomic E-state index is 5.20. The summed E-state index contributed by atoms with van der Waals surface area (Å²) in [5.41, 5.74) is 9.10. The van der Waals surface area contributed by atoms with Crippen molar-refractivity contribution in [2.75, 3.05) is 0 Å². The molecule has 5 aromatic carbocycles. The summed E-state index contributed by atoms with van der Waals surface area (Å²) in [6.07, 6.45) is 0.767. The molecule has 2 heterocycles. The van der Waals surface area contributed by atoms with E-state index in [2.05, 4.69) is 144 Å². The molecule has 0 bridgehead atoms. The van der Waals surface area contributed by atoms with E-state index in [-0.39, 0.29) is 10.8 Å². The van der Waals surface area contributed by atoms with Crippen molar-refractivity contribution in [3.8, 4) is 33.6 Å². The van der Waals surface area contributed by atoms with E-state index < -0.39 is 0 Å². The Hall–Kier alpha value is -5.22. The molecule has 0 saturated carbocycles. The van der Waals surface area contributed by atoms with Crippen LogP contribution < -0.4 is 0 Å². The third-order valence-electron chi connectivity index (χ3n) is 8.60. The summed E-state index contributed by atoms with van der Waals surface area (Å²) < 4.78 is 0. The van der Waals surface area contributed by atoms with E-state index in [9.17, 15) is 0 Å². The van der Waals surface area contributed by atoms with Gasteiger partial charge in [0.05, 0.1) is 22.4 Å². The van der Waals surface area contributed by atoms with Crippen molar-refractivity contribution < 1.29 is 0 Å². The average molecular weight is 599 g/mol. The number of hydrogen-bond acceptors (Lipinski definition) is 4. The van der Waals surface area contributed by atoms with Gasteiger partial charge >= 0.3 is 0 Å². The summed E-state index contributed by atoms with van der Waals surface area (Å²) in [5, 5.41) is 2.12. The molecule has 4 nitrogen and oxygen atoms in total. The van der Waals surface area contributed by atoms with Crippen LogP contribution in [0, 0.1) is 0 Å². The molecule has 7 rings (SSSR count). The molecule has 226 valence electrons. The van der Waals surface area contributed by atoms with Gasteiger partial charge in [-0.05, 0) is 41.3 Å². The number of aromatic nitrogens is 4. The molecule has 0 radical (unpaired) electrons. The van der Waals surface area contributed by atoms with E-state index in [1.54, 1.807) is 0 Å². The van der Waals surface area contributed by atoms with Crippen molar-refractivity contribution in [1.82, 2.24) is 19.9 Å². The number of hydrogen-bond donors (Lipinski definition) is 0. The van der Waals surface area contributed by atoms with Crippen molar-refractivity contribution in [2.24, 2.45) is 0 Å². The molecule has 2 aromatic heterocycles. The van der Waals surface area contributed by atoms with E-state index in [1.807, 2.05) is 18.2 Å². The predicted molar refractivity (Wildman–Crippen MR) is 191 cm³/mol. The minimum atomic E-state index is -0.328. The van der Waals surface area contributed by atoms with Crippen LogP contribution in [0.1, 0.15) is 51.8 Å². The third-order valence-corrected chi connectivity index (χ3v) is 8.60. The van der Waals surface area contributed by atoms with Crippen molar-refractivity contribution in [2.45, 2.75) is 51.9 Å². The van der Waals surface area contributed by atoms with Crippen LogP contribution in [-0.2, 0) is 17.3 Å². The smallest absolute Gasteiger partial charge is 0.135 e. The number of rotatable bonds is 6. The van der Waals surface area contributed by atoms with Gasteiger partial charge in [-0.1, -0.05) is 144 Å². The van der Waals surface area contributed by atoms with Crippen molar-refractivity contribution in [3.05, 3.63) is 145 Å². The van der Waals surface area contributed by atoms with E-state index in [0.29, 0.717) is 0 Å². The van der Waals surface area contributed by atoms with E-state index in [0.717, 1.165) is 62.4 Å². The summed E-state index contributed by atoms with van der Waals surface area (Å²) >= 11 is 0. The van der Waals surface area contributed by atoms with Crippen LogP contribution in [-0.4, -0.2) is 19.9 Å². The molecule has 0 aliphatic heterocycles. The van der Waals surface area contributed by atoms with Crippen LogP contribution in [0.5, 0.6) is 0 Å². The summed E-state index contributed by atoms with van der Waals surface area (Å²) in [5.74, 6) is 1.68. The molecular formula is C42H38N4. The summed E-state index contributed by atoms with van der Waals surface area (Å²) in [6.45, 7) is 11.0. The quantitative estimate of drug-likeness (QED) is 0.191. The molecule has 0 N–H and O–H groups in total. The lowest BCUT2D eigenvalue weighted by atomic mass is 9.84. The minimum Gasteiger partial charge on any atom is -0.232 e. The predicted octanol–water partition coefficient (Wildman–Crippen LogP) is 10.4. The molecule has 0 aliphatic rings. The highest BCUT2D eigenvalue weighted by molar-refractivity contribution is 5.94. The monoisotopic (exact) mass is 598 g/mol. The number of para-hydroxylation sites is 1. The van der Waals surface area contributed by atoms with Gasteiger partial charge < -0.3 is 0 Å². The Labute approximate surface area is 271 Å². The van der Waals surface area contributed by atoms with Gasteiger partial charge in [0.25, 0.3) is 0 Å². The zero-order valence-corrected chi connectivity index (χ0v) is 27.1. The summed E-state index contributed by atoms with van der Waals surface area (Å²) in [7, 11) is 0. The van der Waals surface area contributed by atoms with Gasteiger partial charge in [0.1, 0.15) is 11.6 Å². The first-order valence-corrected chi connectivity index (χ1v) is 16.0. The highest BCUT2D eigenvalue weighted by Crippen LogP contribution is 2.35. The lowest BCUT2D eigenvalue weighted by molar-refractivity contribution is 0.490. The molecule has 0 aliphatic carbocycles. The van der Waals surface area contributed by atoms with Gasteiger partial charge in [-0.2, -0.15) is 0 Å². The van der Waals surface area contributed by atoms with Gasteiger partial charge in [-0.15, -0.1) is 0 Å². The Morgan fingerprint density at radius 1 is 0.435 bits per heavy atom. The Balaban J connectivity index is 1.30. The maximum Gasteiger partial charge on any atom is 0.135 e. The second-order valence-electron chi connectivity index (χ2n) is 13.8. The fourth-order valence-electron chi connectivity index (χ4n) is 6.08. The molecule has 4 heteroatoms. The van der Waals surface area contributed by atoms with Crippen molar-refractivity contribution >= 4 is 21.8 Å². The van der Waals surface area contributed by atoms with Crippen LogP contribution in [0.15, 0.2) is 127 Å². The highest BCUT2D eigenvalue weighted by Gasteiger charge is 2.27. The Morgan fingerprint density at radius 3 is 1.63 bits per heavy atom. The second-order valence-corrected chi connectivity index (χ2v) is 13.8. The highest BCUT2D eigenvalue weighted by atomic mass is 14.9. The zero-order chi connectivity index (χ0) is 31.9. The number of benzene rings is 5. The van der Waals surface area contributed by atoms with Crippen molar-refractivity contribution in [3.63, 3.8) is 0 Å². The van der Waals surface area contributed by atoms with E-state index in [4.69, 9.17) is 19.9 Å². The summed E-state index contributed by atoms with van der Waals surface area (Å²) in [6, 6.07) is 44.5. The van der Waals surface area contributed by atoms with Gasteiger partial charge in [0.2, 0.25) is 0 Å². The molecule has 7 aromatic rings. The zero-order valence-electron chi connectivity index (χ0n) is 27.1. The van der Waals surface area contributed by atoms with Crippen LogP contribution in [0.2, 0.25) is 0 Å². The minimum absolute atomic E-state index is 0.183. The first kappa shape index (κ1) is 29.5. The molecule has 0 amide bonds. The van der Waals surface area contributed by atoms with Gasteiger partial charge in [0.15, 0.2) is 0 Å². The first-order valence-electron chi connectivity index (χ1n) is 16.0.